The van der Waals surface area contributed by atoms with Crippen molar-refractivity contribution >= 4 is 61.3 Å². The lowest BCUT2D eigenvalue weighted by atomic mass is 10.2. The minimum Gasteiger partial charge on any atom is -0.258 e. The molecule has 2 aromatic rings. The van der Waals surface area contributed by atoms with Crippen LogP contribution in [0.3, 0.4) is 0 Å². The first-order valence-electron chi connectivity index (χ1n) is 3.60. The van der Waals surface area contributed by atoms with Crippen molar-refractivity contribution in [2.75, 3.05) is 0 Å². The van der Waals surface area contributed by atoms with E-state index in [9.17, 15) is 10.1 Å². The molecule has 1 aromatic heterocycles. The molecule has 0 aliphatic rings. The zero-order valence-electron chi connectivity index (χ0n) is 6.66. The number of fused-ring (bicyclic) bond motifs is 1. The predicted octanol–water partition coefficient (Wildman–Crippen LogP) is 4.07. The fourth-order valence-electron chi connectivity index (χ4n) is 1.19. The minimum absolute atomic E-state index is 0.0837. The SMILES string of the molecule is O=[N+]([O-])c1cc(Cl)cc2c(I)csc12. The van der Waals surface area contributed by atoms with E-state index < -0.39 is 4.92 Å². The zero-order chi connectivity index (χ0) is 10.3. The Bertz CT molecular complexity index is 525. The Morgan fingerprint density at radius 2 is 2.21 bits per heavy atom. The highest BCUT2D eigenvalue weighted by molar-refractivity contribution is 14.1. The maximum Gasteiger partial charge on any atom is 0.288 e. The summed E-state index contributed by atoms with van der Waals surface area (Å²) in [4.78, 5) is 10.3. The van der Waals surface area contributed by atoms with Crippen LogP contribution in [0.5, 0.6) is 0 Å². The second-order valence-electron chi connectivity index (χ2n) is 2.64. The van der Waals surface area contributed by atoms with Gasteiger partial charge in [-0.15, -0.1) is 11.3 Å². The Balaban J connectivity index is 2.88. The summed E-state index contributed by atoms with van der Waals surface area (Å²) in [5.74, 6) is 0. The van der Waals surface area contributed by atoms with Crippen LogP contribution in [-0.2, 0) is 0 Å². The summed E-state index contributed by atoms with van der Waals surface area (Å²) in [5.41, 5.74) is 0.0837. The number of nitro groups is 1. The lowest BCUT2D eigenvalue weighted by molar-refractivity contribution is -0.382. The van der Waals surface area contributed by atoms with E-state index in [-0.39, 0.29) is 5.69 Å². The fraction of sp³-hybridized carbons (Fsp3) is 0. The van der Waals surface area contributed by atoms with Crippen LogP contribution in [0, 0.1) is 13.7 Å². The van der Waals surface area contributed by atoms with E-state index in [4.69, 9.17) is 11.6 Å². The summed E-state index contributed by atoms with van der Waals surface area (Å²) >= 11 is 9.30. The van der Waals surface area contributed by atoms with E-state index in [2.05, 4.69) is 22.6 Å². The normalized spacial score (nSPS) is 10.7. The van der Waals surface area contributed by atoms with E-state index in [1.54, 1.807) is 6.07 Å². The molecule has 3 nitrogen and oxygen atoms in total. The standard InChI is InChI=1S/C8H3ClINO2S/c9-4-1-5-6(10)3-14-8(5)7(2-4)11(12)13/h1-3H. The Morgan fingerprint density at radius 1 is 1.50 bits per heavy atom. The molecule has 0 unspecified atom stereocenters. The molecule has 0 fully saturated rings. The number of non-ortho nitro benzene ring substituents is 1. The summed E-state index contributed by atoms with van der Waals surface area (Å²) in [7, 11) is 0. The highest BCUT2D eigenvalue weighted by Crippen LogP contribution is 2.36. The molecule has 0 bridgehead atoms. The quantitative estimate of drug-likeness (QED) is 0.446. The number of rotatable bonds is 1. The van der Waals surface area contributed by atoms with Gasteiger partial charge < -0.3 is 0 Å². The monoisotopic (exact) mass is 339 g/mol. The molecule has 0 saturated carbocycles. The largest absolute Gasteiger partial charge is 0.288 e. The maximum atomic E-state index is 10.7. The van der Waals surface area contributed by atoms with Gasteiger partial charge in [0.25, 0.3) is 5.69 Å². The maximum absolute atomic E-state index is 10.7. The van der Waals surface area contributed by atoms with Crippen molar-refractivity contribution < 1.29 is 4.92 Å². The van der Waals surface area contributed by atoms with Crippen LogP contribution >= 0.6 is 45.5 Å². The summed E-state index contributed by atoms with van der Waals surface area (Å²) in [6.45, 7) is 0. The summed E-state index contributed by atoms with van der Waals surface area (Å²) in [6, 6.07) is 3.14. The molecular formula is C8H3ClINO2S. The Labute approximate surface area is 102 Å². The van der Waals surface area contributed by atoms with Crippen molar-refractivity contribution in [1.29, 1.82) is 0 Å². The Hall–Kier alpha value is -0.400. The van der Waals surface area contributed by atoms with E-state index in [0.29, 0.717) is 9.72 Å². The van der Waals surface area contributed by atoms with Crippen LogP contribution in [0.15, 0.2) is 17.5 Å². The van der Waals surface area contributed by atoms with Gasteiger partial charge in [0.05, 0.1) is 4.92 Å². The molecule has 1 heterocycles. The van der Waals surface area contributed by atoms with Crippen molar-refractivity contribution in [3.8, 4) is 0 Å². The van der Waals surface area contributed by atoms with Gasteiger partial charge in [-0.05, 0) is 28.7 Å². The summed E-state index contributed by atoms with van der Waals surface area (Å²) < 4.78 is 1.68. The summed E-state index contributed by atoms with van der Waals surface area (Å²) in [6.07, 6.45) is 0. The predicted molar refractivity (Wildman–Crippen MR) is 66.2 cm³/mol. The third-order valence-electron chi connectivity index (χ3n) is 1.77. The molecule has 0 saturated heterocycles. The number of hydrogen-bond donors (Lipinski definition) is 0. The first-order valence-corrected chi connectivity index (χ1v) is 5.94. The van der Waals surface area contributed by atoms with Gasteiger partial charge in [0.15, 0.2) is 0 Å². The molecule has 0 spiro atoms. The number of nitrogens with zero attached hydrogens (tertiary/aromatic N) is 1. The molecule has 14 heavy (non-hydrogen) atoms. The third kappa shape index (κ3) is 1.59. The van der Waals surface area contributed by atoms with E-state index in [1.165, 1.54) is 17.4 Å². The molecule has 0 atom stereocenters. The van der Waals surface area contributed by atoms with Crippen molar-refractivity contribution in [3.05, 3.63) is 36.2 Å². The first-order chi connectivity index (χ1) is 6.59. The van der Waals surface area contributed by atoms with Crippen molar-refractivity contribution in [2.24, 2.45) is 0 Å². The van der Waals surface area contributed by atoms with Crippen LogP contribution in [0.25, 0.3) is 10.1 Å². The Morgan fingerprint density at radius 3 is 2.86 bits per heavy atom. The van der Waals surface area contributed by atoms with Crippen LogP contribution < -0.4 is 0 Å². The number of halogens is 2. The molecule has 2 rings (SSSR count). The lowest BCUT2D eigenvalue weighted by Crippen LogP contribution is -1.87. The number of thiophene rings is 1. The molecule has 0 radical (unpaired) electrons. The highest BCUT2D eigenvalue weighted by Gasteiger charge is 2.16. The van der Waals surface area contributed by atoms with Crippen LogP contribution in [-0.4, -0.2) is 4.92 Å². The second-order valence-corrected chi connectivity index (χ2v) is 5.12. The van der Waals surface area contributed by atoms with Gasteiger partial charge >= 0.3 is 0 Å². The molecule has 0 amide bonds. The van der Waals surface area contributed by atoms with Crippen molar-refractivity contribution in [3.63, 3.8) is 0 Å². The van der Waals surface area contributed by atoms with E-state index in [1.807, 2.05) is 5.38 Å². The Kier molecular flexibility index (Phi) is 2.63. The van der Waals surface area contributed by atoms with Gasteiger partial charge in [-0.1, -0.05) is 11.6 Å². The number of benzene rings is 1. The van der Waals surface area contributed by atoms with Crippen LogP contribution in [0.4, 0.5) is 5.69 Å². The van der Waals surface area contributed by atoms with Gasteiger partial charge in [-0.3, -0.25) is 10.1 Å². The molecule has 0 aliphatic heterocycles. The third-order valence-corrected chi connectivity index (χ3v) is 4.32. The van der Waals surface area contributed by atoms with Gasteiger partial charge in [-0.25, -0.2) is 0 Å². The molecule has 72 valence electrons. The minimum atomic E-state index is -0.402. The van der Waals surface area contributed by atoms with E-state index >= 15 is 0 Å². The van der Waals surface area contributed by atoms with Gasteiger partial charge in [-0.2, -0.15) is 0 Å². The number of hydrogen-bond acceptors (Lipinski definition) is 3. The molecule has 1 aromatic carbocycles. The smallest absolute Gasteiger partial charge is 0.258 e. The average molecular weight is 340 g/mol. The number of nitro benzene ring substituents is 1. The van der Waals surface area contributed by atoms with E-state index in [0.717, 1.165) is 8.96 Å². The first kappa shape index (κ1) is 10.1. The van der Waals surface area contributed by atoms with Gasteiger partial charge in [0, 0.05) is 25.4 Å². The van der Waals surface area contributed by atoms with Gasteiger partial charge in [0.1, 0.15) is 4.70 Å². The van der Waals surface area contributed by atoms with Crippen LogP contribution in [0.2, 0.25) is 5.02 Å². The molecule has 0 N–H and O–H groups in total. The lowest BCUT2D eigenvalue weighted by Gasteiger charge is -1.95. The van der Waals surface area contributed by atoms with Gasteiger partial charge in [0.2, 0.25) is 0 Å². The van der Waals surface area contributed by atoms with Crippen LogP contribution in [0.1, 0.15) is 0 Å². The average Bonchev–Trinajstić information content (AvgIpc) is 2.47. The molecular weight excluding hydrogens is 337 g/mol. The van der Waals surface area contributed by atoms with Crippen molar-refractivity contribution in [2.45, 2.75) is 0 Å². The fourth-order valence-corrected chi connectivity index (χ4v) is 3.29. The second kappa shape index (κ2) is 3.63. The highest BCUT2D eigenvalue weighted by atomic mass is 127. The molecule has 0 aliphatic carbocycles. The molecule has 6 heteroatoms. The van der Waals surface area contributed by atoms with Crippen molar-refractivity contribution in [1.82, 2.24) is 0 Å². The summed E-state index contributed by atoms with van der Waals surface area (Å²) in [5, 5.41) is 13.9. The topological polar surface area (TPSA) is 43.1 Å². The zero-order valence-corrected chi connectivity index (χ0v) is 10.4.